The third kappa shape index (κ3) is 3.62. The van der Waals surface area contributed by atoms with Crippen LogP contribution in [0, 0.1) is 18.6 Å². The summed E-state index contributed by atoms with van der Waals surface area (Å²) in [4.78, 5) is 16.4. The summed E-state index contributed by atoms with van der Waals surface area (Å²) in [7, 11) is 1.78. The van der Waals surface area contributed by atoms with E-state index in [1.165, 1.54) is 6.07 Å². The van der Waals surface area contributed by atoms with Gasteiger partial charge in [-0.25, -0.2) is 8.78 Å². The summed E-state index contributed by atoms with van der Waals surface area (Å²) in [5.41, 5.74) is 1.95. The number of hydrogen-bond acceptors (Lipinski definition) is 5. The third-order valence-electron chi connectivity index (χ3n) is 4.26. The largest absolute Gasteiger partial charge is 0.339 e. The Morgan fingerprint density at radius 1 is 1.10 bits per heavy atom. The molecule has 0 unspecified atom stereocenters. The fourth-order valence-electron chi connectivity index (χ4n) is 2.88. The van der Waals surface area contributed by atoms with Gasteiger partial charge in [0.2, 0.25) is 11.7 Å². The van der Waals surface area contributed by atoms with E-state index < -0.39 is 23.1 Å². The van der Waals surface area contributed by atoms with E-state index in [1.807, 2.05) is 6.07 Å². The number of carbonyl (C=O) groups excluding carboxylic acids is 1. The minimum Gasteiger partial charge on any atom is -0.339 e. The van der Waals surface area contributed by atoms with Crippen LogP contribution in [0.15, 0.2) is 53.1 Å². The number of halogens is 2. The normalized spacial score (nSPS) is 10.9. The minimum absolute atomic E-state index is 0.389. The van der Waals surface area contributed by atoms with Gasteiger partial charge in [-0.1, -0.05) is 23.4 Å². The molecule has 0 atom stereocenters. The molecule has 2 heterocycles. The van der Waals surface area contributed by atoms with Crippen molar-refractivity contribution in [3.8, 4) is 22.8 Å². The van der Waals surface area contributed by atoms with Gasteiger partial charge in [0, 0.05) is 19.7 Å². The molecule has 0 aliphatic heterocycles. The molecule has 4 rings (SSSR count). The van der Waals surface area contributed by atoms with Crippen molar-refractivity contribution in [3.63, 3.8) is 0 Å². The van der Waals surface area contributed by atoms with Crippen LogP contribution in [-0.2, 0) is 7.05 Å². The van der Waals surface area contributed by atoms with E-state index in [0.717, 1.165) is 23.4 Å². The standard InChI is InChI=1S/C20H15F2N5O2/c1-11-23-19(26-29-11)16-10-17(27(2)25-16)12-6-8-13(9-7-12)24-20(28)18-14(21)4-3-5-15(18)22/h3-10H,1-2H3,(H,24,28). The zero-order valence-electron chi connectivity index (χ0n) is 15.5. The highest BCUT2D eigenvalue weighted by molar-refractivity contribution is 6.04. The highest BCUT2D eigenvalue weighted by Gasteiger charge is 2.17. The second-order valence-electron chi connectivity index (χ2n) is 6.30. The van der Waals surface area contributed by atoms with Crippen molar-refractivity contribution >= 4 is 11.6 Å². The lowest BCUT2D eigenvalue weighted by Crippen LogP contribution is -2.15. The summed E-state index contributed by atoms with van der Waals surface area (Å²) in [6.45, 7) is 1.69. The van der Waals surface area contributed by atoms with Gasteiger partial charge >= 0.3 is 0 Å². The second kappa shape index (κ2) is 7.27. The lowest BCUT2D eigenvalue weighted by atomic mass is 10.1. The molecule has 29 heavy (non-hydrogen) atoms. The molecule has 1 amide bonds. The van der Waals surface area contributed by atoms with Crippen molar-refractivity contribution < 1.29 is 18.1 Å². The van der Waals surface area contributed by atoms with E-state index in [-0.39, 0.29) is 0 Å². The van der Waals surface area contributed by atoms with Gasteiger partial charge in [0.25, 0.3) is 5.91 Å². The first-order chi connectivity index (χ1) is 13.9. The molecule has 0 radical (unpaired) electrons. The van der Waals surface area contributed by atoms with E-state index >= 15 is 0 Å². The lowest BCUT2D eigenvalue weighted by molar-refractivity contribution is 0.101. The predicted molar refractivity (Wildman–Crippen MR) is 101 cm³/mol. The number of nitrogens with one attached hydrogen (secondary N) is 1. The average molecular weight is 395 g/mol. The Balaban J connectivity index is 1.56. The van der Waals surface area contributed by atoms with E-state index in [1.54, 1.807) is 42.9 Å². The van der Waals surface area contributed by atoms with Crippen LogP contribution in [0.4, 0.5) is 14.5 Å². The molecule has 0 saturated heterocycles. The summed E-state index contributed by atoms with van der Waals surface area (Å²) in [5, 5.41) is 10.7. The average Bonchev–Trinajstić information content (AvgIpc) is 3.28. The summed E-state index contributed by atoms with van der Waals surface area (Å²) in [5.74, 6) is -1.86. The number of rotatable bonds is 4. The molecule has 0 aliphatic carbocycles. The van der Waals surface area contributed by atoms with Crippen molar-refractivity contribution in [2.75, 3.05) is 5.32 Å². The second-order valence-corrected chi connectivity index (χ2v) is 6.30. The van der Waals surface area contributed by atoms with Gasteiger partial charge in [0.05, 0.1) is 5.69 Å². The van der Waals surface area contributed by atoms with E-state index in [2.05, 4.69) is 20.6 Å². The Hall–Kier alpha value is -3.88. The fourth-order valence-corrected chi connectivity index (χ4v) is 2.88. The molecule has 2 aromatic carbocycles. The first kappa shape index (κ1) is 18.5. The van der Waals surface area contributed by atoms with Crippen molar-refractivity contribution in [1.82, 2.24) is 19.9 Å². The lowest BCUT2D eigenvalue weighted by Gasteiger charge is -2.08. The van der Waals surface area contributed by atoms with Crippen molar-refractivity contribution in [1.29, 1.82) is 0 Å². The number of aryl methyl sites for hydroxylation is 2. The number of anilines is 1. The number of hydrogen-bond donors (Lipinski definition) is 1. The molecule has 1 N–H and O–H groups in total. The monoisotopic (exact) mass is 395 g/mol. The Kier molecular flexibility index (Phi) is 4.63. The molecule has 9 heteroatoms. The van der Waals surface area contributed by atoms with Crippen molar-refractivity contribution in [2.24, 2.45) is 7.05 Å². The van der Waals surface area contributed by atoms with Gasteiger partial charge in [-0.3, -0.25) is 9.48 Å². The van der Waals surface area contributed by atoms with Crippen LogP contribution < -0.4 is 5.32 Å². The Morgan fingerprint density at radius 2 is 1.79 bits per heavy atom. The molecular formula is C20H15F2N5O2. The topological polar surface area (TPSA) is 85.8 Å². The maximum atomic E-state index is 13.7. The number of amides is 1. The van der Waals surface area contributed by atoms with Gasteiger partial charge < -0.3 is 9.84 Å². The summed E-state index contributed by atoms with van der Waals surface area (Å²) in [6.07, 6.45) is 0. The Bertz CT molecular complexity index is 1180. The first-order valence-electron chi connectivity index (χ1n) is 8.63. The van der Waals surface area contributed by atoms with Gasteiger partial charge in [-0.15, -0.1) is 0 Å². The third-order valence-corrected chi connectivity index (χ3v) is 4.26. The summed E-state index contributed by atoms with van der Waals surface area (Å²) in [6, 6.07) is 11.9. The van der Waals surface area contributed by atoms with Crippen molar-refractivity contribution in [3.05, 3.63) is 71.6 Å². The van der Waals surface area contributed by atoms with Gasteiger partial charge in [0.1, 0.15) is 22.9 Å². The molecular weight excluding hydrogens is 380 g/mol. The minimum atomic E-state index is -0.918. The zero-order chi connectivity index (χ0) is 20.5. The molecule has 7 nitrogen and oxygen atoms in total. The number of benzene rings is 2. The molecule has 4 aromatic rings. The Morgan fingerprint density at radius 3 is 2.41 bits per heavy atom. The van der Waals surface area contributed by atoms with Gasteiger partial charge in [-0.05, 0) is 35.9 Å². The molecule has 0 bridgehead atoms. The smallest absolute Gasteiger partial charge is 0.261 e. The molecule has 0 fully saturated rings. The summed E-state index contributed by atoms with van der Waals surface area (Å²) < 4.78 is 34.1. The van der Waals surface area contributed by atoms with Crippen LogP contribution in [0.3, 0.4) is 0 Å². The molecule has 0 saturated carbocycles. The van der Waals surface area contributed by atoms with Gasteiger partial charge in [0.15, 0.2) is 0 Å². The maximum absolute atomic E-state index is 13.7. The van der Waals surface area contributed by atoms with Crippen LogP contribution in [0.25, 0.3) is 22.8 Å². The van der Waals surface area contributed by atoms with E-state index in [0.29, 0.717) is 23.1 Å². The molecule has 146 valence electrons. The fraction of sp³-hybridized carbons (Fsp3) is 0.100. The quantitative estimate of drug-likeness (QED) is 0.565. The van der Waals surface area contributed by atoms with Crippen LogP contribution in [-0.4, -0.2) is 25.8 Å². The van der Waals surface area contributed by atoms with E-state index in [4.69, 9.17) is 4.52 Å². The van der Waals surface area contributed by atoms with Crippen LogP contribution in [0.1, 0.15) is 16.2 Å². The van der Waals surface area contributed by atoms with Crippen LogP contribution >= 0.6 is 0 Å². The van der Waals surface area contributed by atoms with Crippen LogP contribution in [0.5, 0.6) is 0 Å². The number of nitrogens with zero attached hydrogens (tertiary/aromatic N) is 4. The number of aromatic nitrogens is 4. The number of carbonyl (C=O) groups is 1. The first-order valence-corrected chi connectivity index (χ1v) is 8.63. The van der Waals surface area contributed by atoms with Crippen LogP contribution in [0.2, 0.25) is 0 Å². The predicted octanol–water partition coefficient (Wildman–Crippen LogP) is 3.98. The summed E-state index contributed by atoms with van der Waals surface area (Å²) >= 11 is 0. The Labute approximate surface area is 164 Å². The molecule has 0 spiro atoms. The molecule has 2 aromatic heterocycles. The van der Waals surface area contributed by atoms with Crippen molar-refractivity contribution in [2.45, 2.75) is 6.92 Å². The zero-order valence-corrected chi connectivity index (χ0v) is 15.5. The maximum Gasteiger partial charge on any atom is 0.261 e. The SMILES string of the molecule is Cc1nc(-c2cc(-c3ccc(NC(=O)c4c(F)cccc4F)cc3)n(C)n2)no1. The highest BCUT2D eigenvalue weighted by atomic mass is 19.1. The highest BCUT2D eigenvalue weighted by Crippen LogP contribution is 2.26. The van der Waals surface area contributed by atoms with Gasteiger partial charge in [-0.2, -0.15) is 10.1 Å². The molecule has 0 aliphatic rings. The van der Waals surface area contributed by atoms with E-state index in [9.17, 15) is 13.6 Å².